The molecule has 0 bridgehead atoms. The van der Waals surface area contributed by atoms with E-state index in [0.29, 0.717) is 11.3 Å². The van der Waals surface area contributed by atoms with E-state index >= 15 is 0 Å². The van der Waals surface area contributed by atoms with E-state index in [4.69, 9.17) is 0 Å². The van der Waals surface area contributed by atoms with Crippen LogP contribution < -0.4 is 21.2 Å². The Kier molecular flexibility index (Phi) is 9.17. The lowest BCUT2D eigenvalue weighted by Crippen LogP contribution is -2.32. The first kappa shape index (κ1) is 27.9. The van der Waals surface area contributed by atoms with Crippen molar-refractivity contribution < 1.29 is 0 Å². The summed E-state index contributed by atoms with van der Waals surface area (Å²) < 4.78 is 0. The third kappa shape index (κ3) is 5.87. The first-order valence-electron chi connectivity index (χ1n) is 14.0. The Morgan fingerprint density at radius 3 is 0.925 bits per heavy atom. The Morgan fingerprint density at radius 1 is 0.375 bits per heavy atom. The maximum Gasteiger partial charge on any atom is -0.00499 e. The van der Waals surface area contributed by atoms with Crippen molar-refractivity contribution in [1.82, 2.24) is 0 Å². The molecular weight excluding hydrogens is 518 g/mol. The highest BCUT2D eigenvalue weighted by Gasteiger charge is 2.48. The van der Waals surface area contributed by atoms with Gasteiger partial charge in [-0.2, -0.15) is 0 Å². The molecule has 6 rings (SSSR count). The van der Waals surface area contributed by atoms with Crippen LogP contribution >= 0.6 is 15.8 Å². The van der Waals surface area contributed by atoms with E-state index in [9.17, 15) is 0 Å². The largest absolute Gasteiger partial charge is 0.0622 e. The summed E-state index contributed by atoms with van der Waals surface area (Å²) in [6.45, 7) is 4.86. The lowest BCUT2D eigenvalue weighted by Gasteiger charge is -2.39. The molecule has 2 aliphatic rings. The molecule has 0 amide bonds. The number of hydrogen-bond acceptors (Lipinski definition) is 0. The van der Waals surface area contributed by atoms with Crippen molar-refractivity contribution in [1.29, 1.82) is 0 Å². The van der Waals surface area contributed by atoms with Gasteiger partial charge in [-0.05, 0) is 111 Å². The van der Waals surface area contributed by atoms with Crippen LogP contribution in [0.2, 0.25) is 0 Å². The summed E-state index contributed by atoms with van der Waals surface area (Å²) >= 11 is 0. The zero-order chi connectivity index (χ0) is 27.3. The monoisotopic (exact) mass is 552 g/mol. The average molecular weight is 553 g/mol. The van der Waals surface area contributed by atoms with Crippen molar-refractivity contribution >= 4 is 37.1 Å². The average Bonchev–Trinajstić information content (AvgIpc) is 3.70. The third-order valence-corrected chi connectivity index (χ3v) is 13.3. The molecule has 4 aromatic rings. The van der Waals surface area contributed by atoms with Crippen LogP contribution in [0.5, 0.6) is 0 Å². The molecule has 4 aromatic carbocycles. The zero-order valence-electron chi connectivity index (χ0n) is 23.1. The van der Waals surface area contributed by atoms with Crippen molar-refractivity contribution in [2.24, 2.45) is 0 Å². The molecule has 196 valence electrons. The minimum atomic E-state index is -0.560. The summed E-state index contributed by atoms with van der Waals surface area (Å²) in [5.41, 5.74) is 0.764. The van der Waals surface area contributed by atoms with Gasteiger partial charge in [-0.1, -0.05) is 135 Å². The van der Waals surface area contributed by atoms with Gasteiger partial charge in [-0.25, -0.2) is 0 Å². The molecule has 0 heterocycles. The molecule has 0 aromatic heterocycles. The summed E-state index contributed by atoms with van der Waals surface area (Å²) in [5, 5.41) is 5.71. The first-order valence-corrected chi connectivity index (χ1v) is 16.8. The van der Waals surface area contributed by atoms with Crippen LogP contribution in [-0.4, -0.2) is 11.3 Å². The fourth-order valence-corrected chi connectivity index (χ4v) is 11.3. The van der Waals surface area contributed by atoms with Gasteiger partial charge < -0.3 is 0 Å². The molecule has 10 radical (unpaired) electrons. The van der Waals surface area contributed by atoms with E-state index in [0.717, 1.165) is 0 Å². The van der Waals surface area contributed by atoms with E-state index in [1.165, 1.54) is 44.9 Å². The van der Waals surface area contributed by atoms with Gasteiger partial charge in [0.2, 0.25) is 0 Å². The second-order valence-corrected chi connectivity index (χ2v) is 15.3. The van der Waals surface area contributed by atoms with Gasteiger partial charge >= 0.3 is 0 Å². The number of rotatable bonds is 9. The predicted molar refractivity (Wildman–Crippen MR) is 176 cm³/mol. The lowest BCUT2D eigenvalue weighted by molar-refractivity contribution is 0.859. The van der Waals surface area contributed by atoms with Crippen LogP contribution in [0.15, 0.2) is 121 Å². The van der Waals surface area contributed by atoms with E-state index in [-0.39, 0.29) is 0 Å². The van der Waals surface area contributed by atoms with E-state index in [2.05, 4.69) is 174 Å². The summed E-state index contributed by atoms with van der Waals surface area (Å²) in [7, 11) is -1.12. The lowest BCUT2D eigenvalue weighted by atomic mass is 9.76. The fraction of sp³-hybridized carbons (Fsp3) is 0.105. The molecule has 0 spiro atoms. The molecule has 0 N–H and O–H groups in total. The van der Waals surface area contributed by atoms with Crippen LogP contribution in [-0.2, 0) is 0 Å². The van der Waals surface area contributed by atoms with Crippen molar-refractivity contribution in [2.75, 3.05) is 0 Å². The highest BCUT2D eigenvalue weighted by Crippen LogP contribution is 2.59. The number of benzene rings is 4. The van der Waals surface area contributed by atoms with E-state index in [1.807, 2.05) is 0 Å². The van der Waals surface area contributed by atoms with Crippen LogP contribution in [0.25, 0.3) is 0 Å². The van der Waals surface area contributed by atoms with Gasteiger partial charge in [0.1, 0.15) is 0 Å². The van der Waals surface area contributed by atoms with Crippen LogP contribution in [0.3, 0.4) is 0 Å². The molecule has 2 heteroatoms. The van der Waals surface area contributed by atoms with E-state index < -0.39 is 15.8 Å². The Morgan fingerprint density at radius 2 is 0.650 bits per heavy atom. The summed E-state index contributed by atoms with van der Waals surface area (Å²) in [6, 6.07) is 44.4. The van der Waals surface area contributed by atoms with Crippen molar-refractivity contribution in [3.05, 3.63) is 184 Å². The minimum absolute atomic E-state index is 0.382. The molecule has 2 aliphatic carbocycles. The van der Waals surface area contributed by atoms with Gasteiger partial charge in [0.15, 0.2) is 0 Å². The van der Waals surface area contributed by atoms with Crippen molar-refractivity contribution in [2.45, 2.75) is 25.2 Å². The second kappa shape index (κ2) is 13.1. The predicted octanol–water partition coefficient (Wildman–Crippen LogP) is 7.58. The minimum Gasteiger partial charge on any atom is -0.0622 e. The molecule has 2 fully saturated rings. The van der Waals surface area contributed by atoms with Crippen molar-refractivity contribution in [3.8, 4) is 0 Å². The standard InChI is InChI=1S/C38H34P2/c1-29(39(31-17-7-3-8-18-31)32-19-9-4-10-20-32)35-25-15-27-37(35)38-28-16-26-36(38)30(2)40(33-21-11-5-12-22-33)34-23-13-6-14-24-34/h3-30H,1-2H3/t29-,30-/m0/s1. The topological polar surface area (TPSA) is 0 Å². The molecule has 2 saturated carbocycles. The van der Waals surface area contributed by atoms with E-state index in [1.54, 1.807) is 0 Å². The fourth-order valence-electron chi connectivity index (χ4n) is 5.91. The van der Waals surface area contributed by atoms with Gasteiger partial charge in [-0.3, -0.25) is 0 Å². The molecule has 0 saturated heterocycles. The smallest absolute Gasteiger partial charge is 0.00499 e. The summed E-state index contributed by atoms with van der Waals surface area (Å²) in [6.07, 6.45) is 13.9. The van der Waals surface area contributed by atoms with Gasteiger partial charge in [0.25, 0.3) is 0 Å². The van der Waals surface area contributed by atoms with Crippen LogP contribution in [0.1, 0.15) is 13.8 Å². The summed E-state index contributed by atoms with van der Waals surface area (Å²) in [5.74, 6) is 5.66. The highest BCUT2D eigenvalue weighted by molar-refractivity contribution is 7.74. The molecule has 0 nitrogen and oxygen atoms in total. The molecular formula is C38H34P2. The third-order valence-electron chi connectivity index (χ3n) is 7.80. The Labute approximate surface area is 245 Å². The number of hydrogen-bond donors (Lipinski definition) is 0. The Balaban J connectivity index is 1.30. The molecule has 40 heavy (non-hydrogen) atoms. The van der Waals surface area contributed by atoms with Gasteiger partial charge in [0, 0.05) is 0 Å². The molecule has 0 unspecified atom stereocenters. The van der Waals surface area contributed by atoms with Gasteiger partial charge in [0.05, 0.1) is 0 Å². The van der Waals surface area contributed by atoms with Crippen molar-refractivity contribution in [3.63, 3.8) is 0 Å². The molecule has 2 atom stereocenters. The first-order chi connectivity index (χ1) is 19.7. The quantitative estimate of drug-likeness (QED) is 0.188. The SMILES string of the molecule is C[C@@H]([C]1[CH][CH][CH][C]1[C]1[CH][CH][CH][C]1[C@H](C)P(c1ccccc1)c1ccccc1)P(c1ccccc1)c1ccccc1. The normalized spacial score (nSPS) is 19.0. The maximum absolute atomic E-state index is 2.43. The zero-order valence-corrected chi connectivity index (χ0v) is 24.8. The van der Waals surface area contributed by atoms with Gasteiger partial charge in [-0.15, -0.1) is 0 Å². The van der Waals surface area contributed by atoms with Crippen LogP contribution in [0.4, 0.5) is 0 Å². The van der Waals surface area contributed by atoms with Crippen LogP contribution in [0, 0.1) is 62.2 Å². The summed E-state index contributed by atoms with van der Waals surface area (Å²) in [4.78, 5) is 0. The Bertz CT molecular complexity index is 1120. The maximum atomic E-state index is 2.43. The Hall–Kier alpha value is -2.26. The second-order valence-electron chi connectivity index (χ2n) is 10.2. The molecule has 0 aliphatic heterocycles. The highest BCUT2D eigenvalue weighted by atomic mass is 31.1.